The van der Waals surface area contributed by atoms with Crippen LogP contribution in [0.15, 0.2) is 0 Å². The molecule has 1 atom stereocenters. The number of hydrogen-bond donors (Lipinski definition) is 0. The molecule has 0 radical (unpaired) electrons. The van der Waals surface area contributed by atoms with E-state index in [4.69, 9.17) is 0 Å². The zero-order chi connectivity index (χ0) is 8.36. The topological polar surface area (TPSA) is 0 Å². The first-order chi connectivity index (χ1) is 4.33. The second-order valence-electron chi connectivity index (χ2n) is 1.25. The van der Waals surface area contributed by atoms with Gasteiger partial charge in [-0.1, -0.05) is 0 Å². The summed E-state index contributed by atoms with van der Waals surface area (Å²) in [5.74, 6) is 0. The lowest BCUT2D eigenvalue weighted by atomic mass is 10.8. The third-order valence-electron chi connectivity index (χ3n) is 0.444. The van der Waals surface area contributed by atoms with Crippen LogP contribution in [0.5, 0.6) is 0 Å². The predicted molar refractivity (Wildman–Crippen MR) is 24.5 cm³/mol. The lowest BCUT2D eigenvalue weighted by Gasteiger charge is -2.08. The molecule has 0 amide bonds. The van der Waals surface area contributed by atoms with Crippen LogP contribution in [0.1, 0.15) is 0 Å². The predicted octanol–water partition coefficient (Wildman–Crippen LogP) is 2.80. The third-order valence-corrected chi connectivity index (χ3v) is 1.14. The van der Waals surface area contributed by atoms with E-state index < -0.39 is 29.2 Å². The van der Waals surface area contributed by atoms with Gasteiger partial charge in [0.25, 0.3) is 6.43 Å². The largest absolute Gasteiger partial charge is 0.444 e. The van der Waals surface area contributed by atoms with Crippen molar-refractivity contribution in [2.45, 2.75) is 17.4 Å². The molecule has 0 aliphatic rings. The van der Waals surface area contributed by atoms with Crippen molar-refractivity contribution in [1.82, 2.24) is 0 Å². The van der Waals surface area contributed by atoms with Gasteiger partial charge in [-0.05, 0) is 11.8 Å². The Morgan fingerprint density at radius 1 is 1.00 bits per heavy atom. The number of halogens is 6. The normalized spacial score (nSPS) is 15.9. The molecule has 0 N–H and O–H groups in total. The van der Waals surface area contributed by atoms with Gasteiger partial charge >= 0.3 is 5.51 Å². The van der Waals surface area contributed by atoms with E-state index in [9.17, 15) is 26.3 Å². The van der Waals surface area contributed by atoms with E-state index in [0.29, 0.717) is 0 Å². The van der Waals surface area contributed by atoms with Crippen molar-refractivity contribution in [2.24, 2.45) is 0 Å². The second-order valence-corrected chi connectivity index (χ2v) is 2.40. The van der Waals surface area contributed by atoms with Gasteiger partial charge in [0.05, 0.1) is 0 Å². The highest BCUT2D eigenvalue weighted by Gasteiger charge is 2.37. The SMILES string of the molecule is FC(F)C(F)SC(F)(F)F. The van der Waals surface area contributed by atoms with Crippen LogP contribution < -0.4 is 0 Å². The maximum absolute atomic E-state index is 11.5. The third kappa shape index (κ3) is 4.78. The minimum atomic E-state index is -4.93. The van der Waals surface area contributed by atoms with Crippen molar-refractivity contribution < 1.29 is 26.3 Å². The minimum Gasteiger partial charge on any atom is -0.229 e. The summed E-state index contributed by atoms with van der Waals surface area (Å²) in [5.41, 5.74) is -8.12. The molecule has 0 aromatic heterocycles. The van der Waals surface area contributed by atoms with E-state index in [0.717, 1.165) is 0 Å². The quantitative estimate of drug-likeness (QED) is 0.594. The number of thioether (sulfide) groups is 1. The molecule has 0 rings (SSSR count). The summed E-state index contributed by atoms with van der Waals surface area (Å²) in [7, 11) is 0. The highest BCUT2D eigenvalue weighted by molar-refractivity contribution is 8.00. The molecule has 0 aliphatic carbocycles. The molecule has 0 saturated heterocycles. The lowest BCUT2D eigenvalue weighted by Crippen LogP contribution is -2.14. The molecule has 0 saturated carbocycles. The molecule has 0 heterocycles. The van der Waals surface area contributed by atoms with E-state index in [1.54, 1.807) is 0 Å². The Balaban J connectivity index is 3.68. The summed E-state index contributed by atoms with van der Waals surface area (Å²) in [6.45, 7) is 0. The molecule has 0 nitrogen and oxygen atoms in total. The van der Waals surface area contributed by atoms with Crippen molar-refractivity contribution in [3.05, 3.63) is 0 Å². The van der Waals surface area contributed by atoms with Gasteiger partial charge in [-0.15, -0.1) is 0 Å². The van der Waals surface area contributed by atoms with Gasteiger partial charge in [-0.25, -0.2) is 13.2 Å². The van der Waals surface area contributed by atoms with Gasteiger partial charge in [0.2, 0.25) is 5.50 Å². The van der Waals surface area contributed by atoms with Crippen molar-refractivity contribution >= 4 is 11.8 Å². The molecule has 0 spiro atoms. The fourth-order valence-electron chi connectivity index (χ4n) is 0.179. The van der Waals surface area contributed by atoms with Crippen LogP contribution in [-0.2, 0) is 0 Å². The maximum atomic E-state index is 11.5. The smallest absolute Gasteiger partial charge is 0.229 e. The van der Waals surface area contributed by atoms with Crippen LogP contribution in [0.25, 0.3) is 0 Å². The first-order valence-electron chi connectivity index (χ1n) is 1.99. The zero-order valence-electron chi connectivity index (χ0n) is 4.33. The molecule has 0 aliphatic heterocycles. The molecular weight excluding hydrogens is 182 g/mol. The highest BCUT2D eigenvalue weighted by Crippen LogP contribution is 2.36. The Hall–Kier alpha value is -0.0700. The van der Waals surface area contributed by atoms with Crippen LogP contribution in [0.4, 0.5) is 26.3 Å². The van der Waals surface area contributed by atoms with E-state index >= 15 is 0 Å². The lowest BCUT2D eigenvalue weighted by molar-refractivity contribution is -0.0370. The average molecular weight is 184 g/mol. The number of alkyl halides is 6. The first kappa shape index (κ1) is 9.93. The molecule has 0 aromatic carbocycles. The Labute approximate surface area is 56.6 Å². The van der Waals surface area contributed by atoms with Gasteiger partial charge < -0.3 is 0 Å². The van der Waals surface area contributed by atoms with Gasteiger partial charge in [-0.3, -0.25) is 0 Å². The van der Waals surface area contributed by atoms with Crippen LogP contribution in [0.3, 0.4) is 0 Å². The van der Waals surface area contributed by atoms with Crippen molar-refractivity contribution in [3.63, 3.8) is 0 Å². The van der Waals surface area contributed by atoms with Gasteiger partial charge in [0.1, 0.15) is 0 Å². The highest BCUT2D eigenvalue weighted by atomic mass is 32.2. The molecule has 7 heteroatoms. The monoisotopic (exact) mass is 184 g/mol. The Kier molecular flexibility index (Phi) is 3.34. The summed E-state index contributed by atoms with van der Waals surface area (Å²) >= 11 is -1.35. The van der Waals surface area contributed by atoms with Crippen LogP contribution in [0, 0.1) is 0 Å². The van der Waals surface area contributed by atoms with E-state index in [2.05, 4.69) is 0 Å². The summed E-state index contributed by atoms with van der Waals surface area (Å²) in [6, 6.07) is 0. The molecule has 0 fully saturated rings. The summed E-state index contributed by atoms with van der Waals surface area (Å²) in [4.78, 5) is 0. The molecule has 1 unspecified atom stereocenters. The van der Waals surface area contributed by atoms with Crippen LogP contribution in [-0.4, -0.2) is 17.4 Å². The van der Waals surface area contributed by atoms with Gasteiger partial charge in [-0.2, -0.15) is 13.2 Å². The molecule has 0 aromatic rings. The molecular formula is C3H2F6S. The summed E-state index contributed by atoms with van der Waals surface area (Å²) < 4.78 is 66.8. The molecule has 10 heavy (non-hydrogen) atoms. The van der Waals surface area contributed by atoms with E-state index in [-0.39, 0.29) is 0 Å². The second kappa shape index (κ2) is 3.36. The van der Waals surface area contributed by atoms with Crippen LogP contribution in [0.2, 0.25) is 0 Å². The maximum Gasteiger partial charge on any atom is 0.444 e. The first-order valence-corrected chi connectivity index (χ1v) is 2.87. The Morgan fingerprint density at radius 2 is 1.40 bits per heavy atom. The van der Waals surface area contributed by atoms with Gasteiger partial charge in [0, 0.05) is 0 Å². The van der Waals surface area contributed by atoms with E-state index in [1.807, 2.05) is 0 Å². The van der Waals surface area contributed by atoms with Crippen molar-refractivity contribution in [3.8, 4) is 0 Å². The standard InChI is InChI=1S/C3H2F6S/c4-1(5)2(6)10-3(7,8)9/h1-2H. The minimum absolute atomic E-state index is 1.35. The Bertz CT molecular complexity index is 97.7. The summed E-state index contributed by atoms with van der Waals surface area (Å²) in [6.07, 6.45) is -3.59. The fourth-order valence-corrected chi connectivity index (χ4v) is 0.537. The Morgan fingerprint density at radius 3 is 1.50 bits per heavy atom. The number of rotatable bonds is 2. The van der Waals surface area contributed by atoms with Crippen molar-refractivity contribution in [2.75, 3.05) is 0 Å². The molecule has 0 bridgehead atoms. The van der Waals surface area contributed by atoms with Gasteiger partial charge in [0.15, 0.2) is 0 Å². The fraction of sp³-hybridized carbons (Fsp3) is 1.00. The van der Waals surface area contributed by atoms with Crippen molar-refractivity contribution in [1.29, 1.82) is 0 Å². The number of hydrogen-bond acceptors (Lipinski definition) is 1. The summed E-state index contributed by atoms with van der Waals surface area (Å²) in [5, 5.41) is 0. The van der Waals surface area contributed by atoms with E-state index in [1.165, 1.54) is 0 Å². The molecule has 62 valence electrons. The van der Waals surface area contributed by atoms with Crippen LogP contribution >= 0.6 is 11.8 Å². The average Bonchev–Trinajstić information content (AvgIpc) is 1.60. The zero-order valence-corrected chi connectivity index (χ0v) is 5.15.